The van der Waals surface area contributed by atoms with Crippen LogP contribution in [0.2, 0.25) is 0 Å². The van der Waals surface area contributed by atoms with E-state index in [1.54, 1.807) is 6.07 Å². The van der Waals surface area contributed by atoms with Crippen LogP contribution in [0.1, 0.15) is 0 Å². The molecule has 0 radical (unpaired) electrons. The molecule has 1 aromatic heterocycles. The van der Waals surface area contributed by atoms with Crippen LogP contribution in [-0.4, -0.2) is 22.5 Å². The molecule has 1 rings (SSSR count). The van der Waals surface area contributed by atoms with E-state index in [0.717, 1.165) is 0 Å². The van der Waals surface area contributed by atoms with Gasteiger partial charge in [0.25, 0.3) is 0 Å². The lowest BCUT2D eigenvalue weighted by molar-refractivity contribution is -0.390. The Morgan fingerprint density at radius 1 is 1.62 bits per heavy atom. The van der Waals surface area contributed by atoms with Crippen molar-refractivity contribution >= 4 is 18.2 Å². The van der Waals surface area contributed by atoms with Gasteiger partial charge in [0.05, 0.1) is 7.11 Å². The van der Waals surface area contributed by atoms with Gasteiger partial charge in [0.15, 0.2) is 0 Å². The molecule has 0 aliphatic heterocycles. The molecule has 0 spiro atoms. The summed E-state index contributed by atoms with van der Waals surface area (Å²) in [7, 11) is 1.37. The van der Waals surface area contributed by atoms with E-state index in [0.29, 0.717) is 0 Å². The molecular formula is C6H9ClN2O4. The quantitative estimate of drug-likeness (QED) is 0.525. The molecule has 0 saturated carbocycles. The summed E-state index contributed by atoms with van der Waals surface area (Å²) in [5.41, 5.74) is 0. The summed E-state index contributed by atoms with van der Waals surface area (Å²) in [6.45, 7) is 0. The number of rotatable bonds is 2. The Balaban J connectivity index is 0. The third-order valence-electron chi connectivity index (χ3n) is 1.14. The molecule has 0 aromatic carbocycles. The van der Waals surface area contributed by atoms with E-state index < -0.39 is 4.92 Å². The number of halogens is 1. The number of nitro groups is 1. The Kier molecular flexibility index (Phi) is 6.69. The highest BCUT2D eigenvalue weighted by Gasteiger charge is 2.13. The number of hydrogen-bond acceptors (Lipinski definition) is 4. The molecule has 0 bridgehead atoms. The number of hydrogen-bond donors (Lipinski definition) is 0. The zero-order valence-corrected chi connectivity index (χ0v) is 7.58. The van der Waals surface area contributed by atoms with E-state index in [1.807, 2.05) is 0 Å². The minimum atomic E-state index is -0.584. The molecule has 7 heteroatoms. The lowest BCUT2D eigenvalue weighted by atomic mass is 10.4. The van der Waals surface area contributed by atoms with Crippen LogP contribution in [0.5, 0.6) is 5.75 Å². The molecule has 0 amide bonds. The number of nitrogens with zero attached hydrogens (tertiary/aromatic N) is 2. The van der Waals surface area contributed by atoms with Crippen molar-refractivity contribution < 1.29 is 15.1 Å². The minimum Gasteiger partial charge on any atom is -0.489 e. The summed E-state index contributed by atoms with van der Waals surface area (Å²) >= 11 is 0. The minimum absolute atomic E-state index is 0. The van der Waals surface area contributed by atoms with Crippen molar-refractivity contribution in [3.05, 3.63) is 28.4 Å². The Labute approximate surface area is 80.4 Å². The number of aromatic nitrogens is 1. The second-order valence-corrected chi connectivity index (χ2v) is 1.79. The van der Waals surface area contributed by atoms with Crippen LogP contribution in [-0.2, 0) is 0 Å². The van der Waals surface area contributed by atoms with Crippen LogP contribution in [0.15, 0.2) is 18.3 Å². The Bertz CT molecular complexity index is 281. The van der Waals surface area contributed by atoms with Crippen molar-refractivity contribution in [3.8, 4) is 5.75 Å². The van der Waals surface area contributed by atoms with E-state index in [1.165, 1.54) is 19.4 Å². The average molecular weight is 209 g/mol. The van der Waals surface area contributed by atoms with Crippen LogP contribution in [0.4, 0.5) is 5.82 Å². The summed E-state index contributed by atoms with van der Waals surface area (Å²) in [4.78, 5) is 13.2. The van der Waals surface area contributed by atoms with Crippen LogP contribution >= 0.6 is 12.4 Å². The molecule has 0 atom stereocenters. The van der Waals surface area contributed by atoms with Gasteiger partial charge in [-0.2, -0.15) is 0 Å². The van der Waals surface area contributed by atoms with Gasteiger partial charge in [-0.25, -0.2) is 0 Å². The largest absolute Gasteiger partial charge is 0.489 e. The summed E-state index contributed by atoms with van der Waals surface area (Å²) in [6, 6.07) is 3.07. The second kappa shape index (κ2) is 6.15. The second-order valence-electron chi connectivity index (χ2n) is 1.79. The summed E-state index contributed by atoms with van der Waals surface area (Å²) in [6.07, 6.45) is 1.35. The van der Waals surface area contributed by atoms with E-state index in [4.69, 9.17) is 4.74 Å². The standard InChI is InChI=1S/C6H6N2O3.ClH.H2O/c1-11-5-3-2-4-7-6(5)8(9)10;;/h2-4H,1H3;1H;1H2. The molecule has 2 N–H and O–H groups in total. The first kappa shape index (κ1) is 14.1. The fourth-order valence-corrected chi connectivity index (χ4v) is 0.679. The highest BCUT2D eigenvalue weighted by molar-refractivity contribution is 5.85. The fraction of sp³-hybridized carbons (Fsp3) is 0.167. The summed E-state index contributed by atoms with van der Waals surface area (Å²) in [5.74, 6) is -0.0764. The van der Waals surface area contributed by atoms with E-state index in [2.05, 4.69) is 4.98 Å². The molecular weight excluding hydrogens is 200 g/mol. The average Bonchev–Trinajstić information content (AvgIpc) is 2.04. The van der Waals surface area contributed by atoms with Gasteiger partial charge in [-0.1, -0.05) is 0 Å². The van der Waals surface area contributed by atoms with Gasteiger partial charge in [0.2, 0.25) is 5.75 Å². The predicted octanol–water partition coefficient (Wildman–Crippen LogP) is 0.595. The molecule has 0 saturated heterocycles. The van der Waals surface area contributed by atoms with Crippen molar-refractivity contribution in [2.75, 3.05) is 7.11 Å². The van der Waals surface area contributed by atoms with E-state index in [9.17, 15) is 10.1 Å². The molecule has 1 aromatic rings. The zero-order valence-electron chi connectivity index (χ0n) is 6.76. The molecule has 1 heterocycles. The van der Waals surface area contributed by atoms with Crippen molar-refractivity contribution in [1.29, 1.82) is 0 Å². The SMILES string of the molecule is COc1cccnc1[N+](=O)[O-].Cl.O. The third kappa shape index (κ3) is 3.22. The molecule has 13 heavy (non-hydrogen) atoms. The van der Waals surface area contributed by atoms with Crippen LogP contribution in [0.25, 0.3) is 0 Å². The molecule has 6 nitrogen and oxygen atoms in total. The maximum atomic E-state index is 10.2. The van der Waals surface area contributed by atoms with Gasteiger partial charge in [-0.15, -0.1) is 12.4 Å². The van der Waals surface area contributed by atoms with Gasteiger partial charge in [0, 0.05) is 0 Å². The van der Waals surface area contributed by atoms with Gasteiger partial charge >= 0.3 is 5.82 Å². The van der Waals surface area contributed by atoms with E-state index >= 15 is 0 Å². The van der Waals surface area contributed by atoms with Crippen LogP contribution in [0, 0.1) is 10.1 Å². The van der Waals surface area contributed by atoms with Gasteiger partial charge in [-0.05, 0) is 22.0 Å². The number of pyridine rings is 1. The highest BCUT2D eigenvalue weighted by Crippen LogP contribution is 2.21. The first-order valence-corrected chi connectivity index (χ1v) is 2.89. The van der Waals surface area contributed by atoms with Crippen molar-refractivity contribution in [3.63, 3.8) is 0 Å². The van der Waals surface area contributed by atoms with Crippen LogP contribution < -0.4 is 4.74 Å². The Morgan fingerprint density at radius 3 is 2.62 bits per heavy atom. The Hall–Kier alpha value is -1.40. The lowest BCUT2D eigenvalue weighted by Gasteiger charge is -1.97. The molecule has 74 valence electrons. The van der Waals surface area contributed by atoms with E-state index in [-0.39, 0.29) is 29.5 Å². The molecule has 0 unspecified atom stereocenters. The van der Waals surface area contributed by atoms with Gasteiger partial charge in [0.1, 0.15) is 6.20 Å². The maximum absolute atomic E-state index is 10.2. The summed E-state index contributed by atoms with van der Waals surface area (Å²) in [5, 5.41) is 10.2. The first-order chi connectivity index (χ1) is 5.25. The smallest absolute Gasteiger partial charge is 0.406 e. The number of ether oxygens (including phenoxy) is 1. The predicted molar refractivity (Wildman–Crippen MR) is 48.3 cm³/mol. The fourth-order valence-electron chi connectivity index (χ4n) is 0.679. The van der Waals surface area contributed by atoms with Gasteiger partial charge < -0.3 is 20.3 Å². The van der Waals surface area contributed by atoms with Crippen LogP contribution in [0.3, 0.4) is 0 Å². The van der Waals surface area contributed by atoms with Gasteiger partial charge in [-0.3, -0.25) is 0 Å². The third-order valence-corrected chi connectivity index (χ3v) is 1.14. The topological polar surface area (TPSA) is 96.8 Å². The van der Waals surface area contributed by atoms with Crippen molar-refractivity contribution in [2.24, 2.45) is 0 Å². The first-order valence-electron chi connectivity index (χ1n) is 2.89. The summed E-state index contributed by atoms with van der Waals surface area (Å²) < 4.78 is 4.70. The molecule has 0 aliphatic rings. The normalized spacial score (nSPS) is 7.77. The highest BCUT2D eigenvalue weighted by atomic mass is 35.5. The van der Waals surface area contributed by atoms with Crippen molar-refractivity contribution in [1.82, 2.24) is 4.98 Å². The monoisotopic (exact) mass is 208 g/mol. The van der Waals surface area contributed by atoms with Crippen molar-refractivity contribution in [2.45, 2.75) is 0 Å². The Morgan fingerprint density at radius 2 is 2.23 bits per heavy atom. The maximum Gasteiger partial charge on any atom is 0.406 e. The molecule has 0 aliphatic carbocycles. The number of methoxy groups -OCH3 is 1. The zero-order chi connectivity index (χ0) is 8.27. The molecule has 0 fully saturated rings. The lowest BCUT2D eigenvalue weighted by Crippen LogP contribution is -1.95.